The molecule has 2 aromatic heterocycles. The number of carbonyl (C=O) groups is 1. The first-order chi connectivity index (χ1) is 11.8. The van der Waals surface area contributed by atoms with E-state index in [1.807, 2.05) is 0 Å². The summed E-state index contributed by atoms with van der Waals surface area (Å²) in [6.07, 6.45) is -3.28. The fraction of sp³-hybridized carbons (Fsp3) is 0.176. The van der Waals surface area contributed by atoms with Crippen molar-refractivity contribution < 1.29 is 18.0 Å². The second kappa shape index (κ2) is 6.40. The lowest BCUT2D eigenvalue weighted by Crippen LogP contribution is -2.27. The molecule has 4 nitrogen and oxygen atoms in total. The predicted octanol–water partition coefficient (Wildman–Crippen LogP) is 4.24. The van der Waals surface area contributed by atoms with E-state index in [1.165, 1.54) is 12.3 Å². The Kier molecular flexibility index (Phi) is 4.43. The molecule has 0 aliphatic heterocycles. The van der Waals surface area contributed by atoms with Gasteiger partial charge in [-0.1, -0.05) is 29.8 Å². The van der Waals surface area contributed by atoms with Gasteiger partial charge in [-0.3, -0.25) is 9.20 Å². The van der Waals surface area contributed by atoms with E-state index in [2.05, 4.69) is 10.3 Å². The number of benzene rings is 1. The van der Waals surface area contributed by atoms with Gasteiger partial charge in [0.2, 0.25) is 0 Å². The van der Waals surface area contributed by atoms with Crippen molar-refractivity contribution in [1.82, 2.24) is 14.7 Å². The number of hydrogen-bond acceptors (Lipinski definition) is 2. The Labute approximate surface area is 146 Å². The largest absolute Gasteiger partial charge is 0.435 e. The molecule has 2 heterocycles. The van der Waals surface area contributed by atoms with Crippen molar-refractivity contribution in [3.05, 3.63) is 70.1 Å². The van der Waals surface area contributed by atoms with Crippen LogP contribution in [0.2, 0.25) is 5.02 Å². The molecule has 0 atom stereocenters. The van der Waals surface area contributed by atoms with E-state index in [-0.39, 0.29) is 12.2 Å². The van der Waals surface area contributed by atoms with Crippen LogP contribution in [0.5, 0.6) is 0 Å². The number of aromatic nitrogens is 2. The van der Waals surface area contributed by atoms with Gasteiger partial charge in [-0.05, 0) is 36.2 Å². The van der Waals surface area contributed by atoms with Crippen LogP contribution < -0.4 is 5.32 Å². The molecule has 1 amide bonds. The molecule has 0 unspecified atom stereocenters. The van der Waals surface area contributed by atoms with E-state index >= 15 is 0 Å². The number of nitrogens with one attached hydrogen (secondary N) is 1. The molecule has 25 heavy (non-hydrogen) atoms. The molecule has 0 spiro atoms. The van der Waals surface area contributed by atoms with Crippen LogP contribution in [0.25, 0.3) is 5.65 Å². The van der Waals surface area contributed by atoms with E-state index in [1.54, 1.807) is 37.3 Å². The highest BCUT2D eigenvalue weighted by Crippen LogP contribution is 2.32. The first-order valence-electron chi connectivity index (χ1n) is 7.34. The molecule has 3 aromatic rings. The minimum Gasteiger partial charge on any atom is -0.347 e. The predicted molar refractivity (Wildman–Crippen MR) is 87.6 cm³/mol. The van der Waals surface area contributed by atoms with Crippen molar-refractivity contribution in [3.8, 4) is 0 Å². The van der Waals surface area contributed by atoms with Crippen LogP contribution >= 0.6 is 11.6 Å². The second-order valence-electron chi connectivity index (χ2n) is 5.55. The van der Waals surface area contributed by atoms with Gasteiger partial charge in [0.05, 0.1) is 0 Å². The number of imidazole rings is 1. The summed E-state index contributed by atoms with van der Waals surface area (Å²) in [5.41, 5.74) is -0.289. The van der Waals surface area contributed by atoms with Gasteiger partial charge in [-0.15, -0.1) is 0 Å². The fourth-order valence-corrected chi connectivity index (χ4v) is 2.69. The van der Waals surface area contributed by atoms with Crippen molar-refractivity contribution >= 4 is 23.2 Å². The van der Waals surface area contributed by atoms with Crippen LogP contribution in [0.4, 0.5) is 13.2 Å². The maximum Gasteiger partial charge on any atom is 0.435 e. The molecule has 0 saturated carbocycles. The lowest BCUT2D eigenvalue weighted by Gasteiger charge is -2.09. The zero-order valence-corrected chi connectivity index (χ0v) is 13.8. The Morgan fingerprint density at radius 2 is 2.04 bits per heavy atom. The number of fused-ring (bicyclic) bond motifs is 1. The molecule has 0 bridgehead atoms. The van der Waals surface area contributed by atoms with Crippen LogP contribution in [0.15, 0.2) is 42.6 Å². The van der Waals surface area contributed by atoms with Gasteiger partial charge in [0.1, 0.15) is 11.3 Å². The van der Waals surface area contributed by atoms with Crippen LogP contribution in [-0.2, 0) is 12.7 Å². The molecular weight excluding hydrogens is 355 g/mol. The number of nitrogens with zero attached hydrogens (tertiary/aromatic N) is 2. The third kappa shape index (κ3) is 3.61. The normalized spacial score (nSPS) is 11.7. The molecule has 0 aliphatic rings. The van der Waals surface area contributed by atoms with E-state index in [9.17, 15) is 18.0 Å². The number of pyridine rings is 1. The number of amides is 1. The van der Waals surface area contributed by atoms with Gasteiger partial charge in [-0.2, -0.15) is 13.2 Å². The van der Waals surface area contributed by atoms with E-state index in [4.69, 9.17) is 11.6 Å². The number of carbonyl (C=O) groups excluding carboxylic acids is 1. The van der Waals surface area contributed by atoms with Gasteiger partial charge < -0.3 is 5.32 Å². The third-order valence-electron chi connectivity index (χ3n) is 3.59. The van der Waals surface area contributed by atoms with Crippen LogP contribution in [0, 0.1) is 6.92 Å². The summed E-state index contributed by atoms with van der Waals surface area (Å²) in [4.78, 5) is 16.0. The van der Waals surface area contributed by atoms with Gasteiger partial charge >= 0.3 is 6.18 Å². The number of alkyl halides is 3. The first kappa shape index (κ1) is 17.3. The number of aryl methyl sites for hydroxylation is 1. The molecule has 1 N–H and O–H groups in total. The van der Waals surface area contributed by atoms with Gasteiger partial charge in [-0.25, -0.2) is 4.98 Å². The van der Waals surface area contributed by atoms with Gasteiger partial charge in [0, 0.05) is 17.8 Å². The summed E-state index contributed by atoms with van der Waals surface area (Å²) >= 11 is 5.86. The maximum atomic E-state index is 13.3. The lowest BCUT2D eigenvalue weighted by molar-refractivity contribution is -0.141. The average Bonchev–Trinajstić information content (AvgIpc) is 2.91. The monoisotopic (exact) mass is 367 g/mol. The van der Waals surface area contributed by atoms with Crippen LogP contribution in [0.3, 0.4) is 0 Å². The quantitative estimate of drug-likeness (QED) is 0.752. The molecule has 0 saturated heterocycles. The highest BCUT2D eigenvalue weighted by Gasteiger charge is 2.40. The Balaban J connectivity index is 1.98. The minimum atomic E-state index is -4.73. The van der Waals surface area contributed by atoms with Crippen molar-refractivity contribution in [1.29, 1.82) is 0 Å². The standard InChI is InChI=1S/C17H13ClF3N3O/c1-10-5-6-13-23-15(17(19,20)21)14(24(13)9-10)16(25)22-8-11-3-2-4-12(18)7-11/h2-7,9H,8H2,1H3,(H,22,25). The van der Waals surface area contributed by atoms with Gasteiger partial charge in [0.25, 0.3) is 5.91 Å². The molecule has 0 aliphatic carbocycles. The Hall–Kier alpha value is -2.54. The van der Waals surface area contributed by atoms with E-state index in [0.717, 1.165) is 4.40 Å². The topological polar surface area (TPSA) is 46.4 Å². The highest BCUT2D eigenvalue weighted by molar-refractivity contribution is 6.30. The van der Waals surface area contributed by atoms with Gasteiger partial charge in [0.15, 0.2) is 5.69 Å². The molecule has 3 rings (SSSR count). The molecule has 8 heteroatoms. The zero-order valence-electron chi connectivity index (χ0n) is 13.1. The Morgan fingerprint density at radius 3 is 2.72 bits per heavy atom. The van der Waals surface area contributed by atoms with Crippen LogP contribution in [0.1, 0.15) is 27.3 Å². The number of rotatable bonds is 3. The summed E-state index contributed by atoms with van der Waals surface area (Å²) in [6, 6.07) is 9.79. The molecule has 130 valence electrons. The number of halogens is 4. The molecule has 1 aromatic carbocycles. The fourth-order valence-electron chi connectivity index (χ4n) is 2.48. The van der Waals surface area contributed by atoms with Crippen LogP contribution in [-0.4, -0.2) is 15.3 Å². The Bertz CT molecular complexity index is 950. The lowest BCUT2D eigenvalue weighted by atomic mass is 10.2. The smallest absolute Gasteiger partial charge is 0.347 e. The van der Waals surface area contributed by atoms with Crippen molar-refractivity contribution in [2.45, 2.75) is 19.6 Å². The summed E-state index contributed by atoms with van der Waals surface area (Å²) in [7, 11) is 0. The Morgan fingerprint density at radius 1 is 1.28 bits per heavy atom. The minimum absolute atomic E-state index is 0.0513. The van der Waals surface area contributed by atoms with Crippen molar-refractivity contribution in [2.75, 3.05) is 0 Å². The molecular formula is C17H13ClF3N3O. The SMILES string of the molecule is Cc1ccc2nc(C(F)(F)F)c(C(=O)NCc3cccc(Cl)c3)n2c1. The summed E-state index contributed by atoms with van der Waals surface area (Å²) in [5, 5.41) is 2.97. The summed E-state index contributed by atoms with van der Waals surface area (Å²) < 4.78 is 41.0. The molecule has 0 fully saturated rings. The number of hydrogen-bond donors (Lipinski definition) is 1. The maximum absolute atomic E-state index is 13.3. The summed E-state index contributed by atoms with van der Waals surface area (Å²) in [6.45, 7) is 1.77. The molecule has 0 radical (unpaired) electrons. The van der Waals surface area contributed by atoms with Crippen molar-refractivity contribution in [3.63, 3.8) is 0 Å². The van der Waals surface area contributed by atoms with E-state index in [0.29, 0.717) is 16.1 Å². The summed E-state index contributed by atoms with van der Waals surface area (Å²) in [5.74, 6) is -0.856. The average molecular weight is 368 g/mol. The van der Waals surface area contributed by atoms with Crippen molar-refractivity contribution in [2.24, 2.45) is 0 Å². The zero-order chi connectivity index (χ0) is 18.2. The third-order valence-corrected chi connectivity index (χ3v) is 3.83. The second-order valence-corrected chi connectivity index (χ2v) is 5.99. The highest BCUT2D eigenvalue weighted by atomic mass is 35.5. The van der Waals surface area contributed by atoms with E-state index < -0.39 is 23.5 Å². The first-order valence-corrected chi connectivity index (χ1v) is 7.72.